The van der Waals surface area contributed by atoms with Gasteiger partial charge < -0.3 is 14.8 Å². The van der Waals surface area contributed by atoms with Crippen molar-refractivity contribution in [3.8, 4) is 17.2 Å². The highest BCUT2D eigenvalue weighted by Gasteiger charge is 2.06. The molecule has 3 aromatic rings. The van der Waals surface area contributed by atoms with E-state index in [1.807, 2.05) is 65.5 Å². The number of hydrogen-bond donors (Lipinski definition) is 1. The molecule has 0 fully saturated rings. The molecule has 0 aliphatic rings. The van der Waals surface area contributed by atoms with Crippen LogP contribution in [0, 0.1) is 0 Å². The fourth-order valence-corrected chi connectivity index (χ4v) is 2.18. The second-order valence-electron chi connectivity index (χ2n) is 4.68. The smallest absolute Gasteiger partial charge is 0.162 e. The van der Waals surface area contributed by atoms with Gasteiger partial charge in [0.25, 0.3) is 0 Å². The molecule has 3 rings (SSSR count). The molecule has 0 saturated carbocycles. The topological polar surface area (TPSA) is 48.3 Å². The molecule has 0 spiro atoms. The highest BCUT2D eigenvalue weighted by Crippen LogP contribution is 2.30. The molecule has 1 aromatic heterocycles. The monoisotopic (exact) mass is 295 g/mol. The molecule has 0 saturated heterocycles. The summed E-state index contributed by atoms with van der Waals surface area (Å²) in [6.07, 6.45) is 1.92. The van der Waals surface area contributed by atoms with E-state index in [0.29, 0.717) is 11.5 Å². The van der Waals surface area contributed by atoms with Crippen LogP contribution in [0.1, 0.15) is 0 Å². The second-order valence-corrected chi connectivity index (χ2v) is 4.68. The van der Waals surface area contributed by atoms with Gasteiger partial charge in [-0.25, -0.2) is 4.68 Å². The zero-order chi connectivity index (χ0) is 15.4. The molecule has 0 unspecified atom stereocenters. The van der Waals surface area contributed by atoms with Gasteiger partial charge in [-0.3, -0.25) is 0 Å². The Kier molecular flexibility index (Phi) is 3.96. The lowest BCUT2D eigenvalue weighted by molar-refractivity contribution is 0.355. The Balaban J connectivity index is 1.81. The van der Waals surface area contributed by atoms with Crippen LogP contribution in [-0.4, -0.2) is 24.0 Å². The zero-order valence-corrected chi connectivity index (χ0v) is 12.5. The van der Waals surface area contributed by atoms with Crippen LogP contribution in [0.15, 0.2) is 60.8 Å². The van der Waals surface area contributed by atoms with E-state index >= 15 is 0 Å². The molecule has 0 aliphatic heterocycles. The van der Waals surface area contributed by atoms with E-state index in [0.717, 1.165) is 17.2 Å². The summed E-state index contributed by atoms with van der Waals surface area (Å²) in [4.78, 5) is 0. The molecule has 0 bridgehead atoms. The lowest BCUT2D eigenvalue weighted by atomic mass is 10.2. The van der Waals surface area contributed by atoms with Gasteiger partial charge in [-0.05, 0) is 24.3 Å². The Bertz CT molecular complexity index is 754. The molecule has 1 heterocycles. The number of nitrogens with zero attached hydrogens (tertiary/aromatic N) is 2. The van der Waals surface area contributed by atoms with Gasteiger partial charge in [-0.15, -0.1) is 0 Å². The third kappa shape index (κ3) is 2.88. The molecule has 1 N–H and O–H groups in total. The molecule has 22 heavy (non-hydrogen) atoms. The maximum atomic E-state index is 5.30. The molecule has 2 aromatic carbocycles. The van der Waals surface area contributed by atoms with Gasteiger partial charge in [0.05, 0.1) is 19.9 Å². The van der Waals surface area contributed by atoms with Crippen molar-refractivity contribution in [2.45, 2.75) is 0 Å². The summed E-state index contributed by atoms with van der Waals surface area (Å²) in [5.74, 6) is 2.13. The summed E-state index contributed by atoms with van der Waals surface area (Å²) in [5, 5.41) is 7.76. The number of ether oxygens (including phenoxy) is 2. The van der Waals surface area contributed by atoms with Crippen LogP contribution >= 0.6 is 0 Å². The van der Waals surface area contributed by atoms with Crippen molar-refractivity contribution in [3.05, 3.63) is 60.8 Å². The summed E-state index contributed by atoms with van der Waals surface area (Å²) < 4.78 is 12.4. The molecular weight excluding hydrogens is 278 g/mol. The van der Waals surface area contributed by atoms with E-state index < -0.39 is 0 Å². The highest BCUT2D eigenvalue weighted by atomic mass is 16.5. The first-order valence-electron chi connectivity index (χ1n) is 6.90. The second kappa shape index (κ2) is 6.22. The number of benzene rings is 2. The Morgan fingerprint density at radius 2 is 1.68 bits per heavy atom. The van der Waals surface area contributed by atoms with Crippen molar-refractivity contribution in [2.75, 3.05) is 19.5 Å². The van der Waals surface area contributed by atoms with Crippen LogP contribution < -0.4 is 14.8 Å². The summed E-state index contributed by atoms with van der Waals surface area (Å²) in [7, 11) is 3.23. The predicted octanol–water partition coefficient (Wildman–Crippen LogP) is 3.63. The summed E-state index contributed by atoms with van der Waals surface area (Å²) in [6.45, 7) is 0. The molecule has 5 nitrogen and oxygen atoms in total. The van der Waals surface area contributed by atoms with Crippen LogP contribution in [0.3, 0.4) is 0 Å². The van der Waals surface area contributed by atoms with Crippen molar-refractivity contribution < 1.29 is 9.47 Å². The third-order valence-corrected chi connectivity index (χ3v) is 3.27. The zero-order valence-electron chi connectivity index (χ0n) is 12.5. The van der Waals surface area contributed by atoms with Gasteiger partial charge in [0.2, 0.25) is 0 Å². The fourth-order valence-electron chi connectivity index (χ4n) is 2.18. The molecule has 0 radical (unpaired) electrons. The van der Waals surface area contributed by atoms with Gasteiger partial charge in [0, 0.05) is 24.0 Å². The van der Waals surface area contributed by atoms with Gasteiger partial charge in [-0.2, -0.15) is 5.10 Å². The van der Waals surface area contributed by atoms with E-state index in [1.54, 1.807) is 14.2 Å². The predicted molar refractivity (Wildman–Crippen MR) is 86.4 cm³/mol. The van der Waals surface area contributed by atoms with Gasteiger partial charge in [-0.1, -0.05) is 18.2 Å². The SMILES string of the molecule is COc1ccc(Nc2ccn(-c3ccccc3)n2)cc1OC. The standard InChI is InChI=1S/C17H17N3O2/c1-21-15-9-8-13(12-16(15)22-2)18-17-10-11-20(19-17)14-6-4-3-5-7-14/h3-12H,1-2H3,(H,18,19). The number of rotatable bonds is 5. The van der Waals surface area contributed by atoms with Gasteiger partial charge in [0.1, 0.15) is 0 Å². The van der Waals surface area contributed by atoms with Gasteiger partial charge >= 0.3 is 0 Å². The Morgan fingerprint density at radius 1 is 0.909 bits per heavy atom. The maximum Gasteiger partial charge on any atom is 0.162 e. The highest BCUT2D eigenvalue weighted by molar-refractivity contribution is 5.61. The molecular formula is C17H17N3O2. The fraction of sp³-hybridized carbons (Fsp3) is 0.118. The first-order valence-corrected chi connectivity index (χ1v) is 6.90. The van der Waals surface area contributed by atoms with E-state index in [4.69, 9.17) is 9.47 Å². The van der Waals surface area contributed by atoms with E-state index in [1.165, 1.54) is 0 Å². The molecule has 0 amide bonds. The van der Waals surface area contributed by atoms with Gasteiger partial charge in [0.15, 0.2) is 17.3 Å². The minimum atomic E-state index is 0.676. The average Bonchev–Trinajstić information content (AvgIpc) is 3.04. The third-order valence-electron chi connectivity index (χ3n) is 3.27. The normalized spacial score (nSPS) is 10.3. The Labute approximate surface area is 129 Å². The largest absolute Gasteiger partial charge is 0.493 e. The van der Waals surface area contributed by atoms with Crippen molar-refractivity contribution >= 4 is 11.5 Å². The lowest BCUT2D eigenvalue weighted by Gasteiger charge is -2.10. The minimum absolute atomic E-state index is 0.676. The van der Waals surface area contributed by atoms with Crippen LogP contribution in [0.4, 0.5) is 11.5 Å². The minimum Gasteiger partial charge on any atom is -0.493 e. The number of anilines is 2. The Hall–Kier alpha value is -2.95. The van der Waals surface area contributed by atoms with E-state index in [-0.39, 0.29) is 0 Å². The lowest BCUT2D eigenvalue weighted by Crippen LogP contribution is -1.97. The molecule has 5 heteroatoms. The molecule has 0 aliphatic carbocycles. The van der Waals surface area contributed by atoms with Crippen LogP contribution in [0.2, 0.25) is 0 Å². The first kappa shape index (κ1) is 14.0. The number of nitrogens with one attached hydrogen (secondary N) is 1. The van der Waals surface area contributed by atoms with Crippen molar-refractivity contribution in [1.82, 2.24) is 9.78 Å². The van der Waals surface area contributed by atoms with Crippen molar-refractivity contribution in [2.24, 2.45) is 0 Å². The average molecular weight is 295 g/mol. The number of methoxy groups -OCH3 is 2. The first-order chi connectivity index (χ1) is 10.8. The quantitative estimate of drug-likeness (QED) is 0.781. The number of hydrogen-bond acceptors (Lipinski definition) is 4. The molecule has 112 valence electrons. The van der Waals surface area contributed by atoms with Crippen LogP contribution in [0.25, 0.3) is 5.69 Å². The van der Waals surface area contributed by atoms with Crippen molar-refractivity contribution in [3.63, 3.8) is 0 Å². The summed E-state index contributed by atoms with van der Waals surface area (Å²) >= 11 is 0. The van der Waals surface area contributed by atoms with Crippen LogP contribution in [-0.2, 0) is 0 Å². The number of para-hydroxylation sites is 1. The van der Waals surface area contributed by atoms with Crippen LogP contribution in [0.5, 0.6) is 11.5 Å². The van der Waals surface area contributed by atoms with E-state index in [9.17, 15) is 0 Å². The molecule has 0 atom stereocenters. The summed E-state index contributed by atoms with van der Waals surface area (Å²) in [5.41, 5.74) is 1.90. The summed E-state index contributed by atoms with van der Waals surface area (Å²) in [6, 6.07) is 17.5. The van der Waals surface area contributed by atoms with E-state index in [2.05, 4.69) is 10.4 Å². The maximum absolute atomic E-state index is 5.30. The Morgan fingerprint density at radius 3 is 2.41 bits per heavy atom. The number of aromatic nitrogens is 2. The van der Waals surface area contributed by atoms with Crippen molar-refractivity contribution in [1.29, 1.82) is 0 Å².